The normalized spacial score (nSPS) is 11.3. The van der Waals surface area contributed by atoms with Gasteiger partial charge in [-0.2, -0.15) is 8.42 Å². The minimum atomic E-state index is -3.94. The molecule has 0 bridgehead atoms. The number of thiophene rings is 1. The molecule has 21 heavy (non-hydrogen) atoms. The number of carbonyl (C=O) groups is 1. The number of hydrogen-bond acceptors (Lipinski definition) is 7. The number of sulfonamides is 1. The molecular formula is C11H14N4O4S2. The lowest BCUT2D eigenvalue weighted by Crippen LogP contribution is -2.18. The van der Waals surface area contributed by atoms with E-state index >= 15 is 0 Å². The first-order chi connectivity index (χ1) is 9.86. The van der Waals surface area contributed by atoms with Crippen LogP contribution in [0.3, 0.4) is 0 Å². The highest BCUT2D eigenvalue weighted by molar-refractivity contribution is 7.93. The molecule has 0 aliphatic carbocycles. The largest absolute Gasteiger partial charge is 0.462 e. The van der Waals surface area contributed by atoms with Gasteiger partial charge in [-0.3, -0.25) is 4.72 Å². The molecule has 0 spiro atoms. The molecule has 0 aromatic carbocycles. The lowest BCUT2D eigenvalue weighted by Gasteiger charge is -2.09. The average molecular weight is 330 g/mol. The van der Waals surface area contributed by atoms with Gasteiger partial charge in [-0.25, -0.2) is 9.78 Å². The summed E-state index contributed by atoms with van der Waals surface area (Å²) in [5, 5.41) is 1.61. The Morgan fingerprint density at radius 2 is 2.29 bits per heavy atom. The number of nitrogens with zero attached hydrogens (tertiary/aromatic N) is 2. The van der Waals surface area contributed by atoms with Crippen molar-refractivity contribution in [3.8, 4) is 0 Å². The van der Waals surface area contributed by atoms with Gasteiger partial charge >= 0.3 is 5.97 Å². The van der Waals surface area contributed by atoms with Crippen LogP contribution in [0.25, 0.3) is 0 Å². The third-order valence-corrected chi connectivity index (χ3v) is 4.99. The molecule has 2 aromatic heterocycles. The smallest absolute Gasteiger partial charge is 0.341 e. The van der Waals surface area contributed by atoms with E-state index in [9.17, 15) is 13.2 Å². The zero-order valence-electron chi connectivity index (χ0n) is 11.4. The second-order valence-corrected chi connectivity index (χ2v) is 6.55. The molecule has 8 nitrogen and oxygen atoms in total. The summed E-state index contributed by atoms with van der Waals surface area (Å²) >= 11 is 1.08. The van der Waals surface area contributed by atoms with Crippen molar-refractivity contribution in [3.63, 3.8) is 0 Å². The van der Waals surface area contributed by atoms with Crippen molar-refractivity contribution < 1.29 is 17.9 Å². The van der Waals surface area contributed by atoms with E-state index in [-0.39, 0.29) is 28.0 Å². The lowest BCUT2D eigenvalue weighted by atomic mass is 10.3. The Morgan fingerprint density at radius 1 is 1.57 bits per heavy atom. The van der Waals surface area contributed by atoms with Gasteiger partial charge in [-0.15, -0.1) is 11.3 Å². The number of nitrogen functional groups attached to an aromatic ring is 1. The highest BCUT2D eigenvalue weighted by Gasteiger charge is 2.25. The molecular weight excluding hydrogens is 316 g/mol. The quantitative estimate of drug-likeness (QED) is 0.791. The van der Waals surface area contributed by atoms with E-state index in [1.165, 1.54) is 24.0 Å². The summed E-state index contributed by atoms with van der Waals surface area (Å²) in [6.07, 6.45) is 1.30. The summed E-state index contributed by atoms with van der Waals surface area (Å²) in [6.45, 7) is 1.87. The molecule has 0 saturated carbocycles. The summed E-state index contributed by atoms with van der Waals surface area (Å²) in [6, 6.07) is 1.49. The molecule has 10 heteroatoms. The van der Waals surface area contributed by atoms with Gasteiger partial charge in [-0.1, -0.05) is 0 Å². The van der Waals surface area contributed by atoms with E-state index in [2.05, 4.69) is 9.71 Å². The van der Waals surface area contributed by atoms with Crippen LogP contribution in [0.15, 0.2) is 22.8 Å². The molecule has 0 radical (unpaired) electrons. The van der Waals surface area contributed by atoms with Crippen LogP contribution in [-0.4, -0.2) is 30.5 Å². The number of rotatable bonds is 5. The molecule has 2 aromatic rings. The fourth-order valence-corrected chi connectivity index (χ4v) is 4.04. The number of imidazole rings is 1. The van der Waals surface area contributed by atoms with E-state index in [0.717, 1.165) is 11.3 Å². The SMILES string of the molecule is CCOC(=O)c1ccsc1NS(=O)(=O)c1c(N)ncn1C. The number of anilines is 2. The Hall–Kier alpha value is -2.07. The van der Waals surface area contributed by atoms with Gasteiger partial charge in [0.1, 0.15) is 5.00 Å². The summed E-state index contributed by atoms with van der Waals surface area (Å²) in [5.41, 5.74) is 5.72. The number of aromatic nitrogens is 2. The first-order valence-electron chi connectivity index (χ1n) is 5.91. The predicted molar refractivity (Wildman–Crippen MR) is 78.7 cm³/mol. The third-order valence-electron chi connectivity index (χ3n) is 2.55. The molecule has 0 aliphatic heterocycles. The van der Waals surface area contributed by atoms with E-state index in [1.807, 2.05) is 0 Å². The maximum atomic E-state index is 12.3. The molecule has 0 amide bonds. The fourth-order valence-electron chi connectivity index (χ4n) is 1.69. The number of nitrogens with one attached hydrogen (secondary N) is 1. The standard InChI is InChI=1S/C11H14N4O4S2/c1-3-19-11(16)7-4-5-20-9(7)14-21(17,18)10-8(12)13-6-15(10)2/h4-6,14H,3,12H2,1-2H3. The number of esters is 1. The van der Waals surface area contributed by atoms with Crippen molar-refractivity contribution in [1.82, 2.24) is 9.55 Å². The highest BCUT2D eigenvalue weighted by atomic mass is 32.2. The topological polar surface area (TPSA) is 116 Å². The first kappa shape index (κ1) is 15.3. The van der Waals surface area contributed by atoms with Crippen LogP contribution in [0.1, 0.15) is 17.3 Å². The van der Waals surface area contributed by atoms with Gasteiger partial charge in [0, 0.05) is 7.05 Å². The van der Waals surface area contributed by atoms with Crippen LogP contribution in [0.5, 0.6) is 0 Å². The second kappa shape index (κ2) is 5.74. The minimum absolute atomic E-state index is 0.112. The maximum Gasteiger partial charge on any atom is 0.341 e. The minimum Gasteiger partial charge on any atom is -0.462 e. The maximum absolute atomic E-state index is 12.3. The molecule has 0 aliphatic rings. The Balaban J connectivity index is 2.35. The van der Waals surface area contributed by atoms with Gasteiger partial charge in [0.2, 0.25) is 0 Å². The van der Waals surface area contributed by atoms with Crippen LogP contribution in [0.2, 0.25) is 0 Å². The summed E-state index contributed by atoms with van der Waals surface area (Å²) < 4.78 is 33.2. The van der Waals surface area contributed by atoms with Gasteiger partial charge < -0.3 is 15.0 Å². The molecule has 0 fully saturated rings. The van der Waals surface area contributed by atoms with Crippen molar-refractivity contribution >= 4 is 38.1 Å². The van der Waals surface area contributed by atoms with Gasteiger partial charge in [-0.05, 0) is 18.4 Å². The average Bonchev–Trinajstić information content (AvgIpc) is 2.96. The van der Waals surface area contributed by atoms with E-state index in [4.69, 9.17) is 10.5 Å². The number of ether oxygens (including phenoxy) is 1. The number of carbonyl (C=O) groups excluding carboxylic acids is 1. The number of hydrogen-bond donors (Lipinski definition) is 2. The van der Waals surface area contributed by atoms with Crippen LogP contribution < -0.4 is 10.5 Å². The molecule has 2 heterocycles. The van der Waals surface area contributed by atoms with E-state index in [1.54, 1.807) is 12.3 Å². The highest BCUT2D eigenvalue weighted by Crippen LogP contribution is 2.28. The second-order valence-electron chi connectivity index (χ2n) is 4.04. The van der Waals surface area contributed by atoms with Gasteiger partial charge in [0.25, 0.3) is 10.0 Å². The van der Waals surface area contributed by atoms with E-state index < -0.39 is 16.0 Å². The van der Waals surface area contributed by atoms with Crippen LogP contribution in [-0.2, 0) is 21.8 Å². The third kappa shape index (κ3) is 3.00. The molecule has 114 valence electrons. The van der Waals surface area contributed by atoms with Crippen LogP contribution in [0, 0.1) is 0 Å². The zero-order chi connectivity index (χ0) is 15.6. The van der Waals surface area contributed by atoms with Crippen molar-refractivity contribution in [2.45, 2.75) is 11.9 Å². The number of nitrogens with two attached hydrogens (primary N) is 1. The first-order valence-corrected chi connectivity index (χ1v) is 8.27. The van der Waals surface area contributed by atoms with Crippen LogP contribution >= 0.6 is 11.3 Å². The lowest BCUT2D eigenvalue weighted by molar-refractivity contribution is 0.0528. The van der Waals surface area contributed by atoms with Crippen molar-refractivity contribution in [2.75, 3.05) is 17.1 Å². The van der Waals surface area contributed by atoms with Gasteiger partial charge in [0.15, 0.2) is 10.8 Å². The summed E-state index contributed by atoms with van der Waals surface area (Å²) in [7, 11) is -2.43. The zero-order valence-corrected chi connectivity index (χ0v) is 13.0. The molecule has 2 rings (SSSR count). The van der Waals surface area contributed by atoms with Crippen molar-refractivity contribution in [1.29, 1.82) is 0 Å². The molecule has 3 N–H and O–H groups in total. The van der Waals surface area contributed by atoms with Crippen LogP contribution in [0.4, 0.5) is 10.8 Å². The van der Waals surface area contributed by atoms with E-state index in [0.29, 0.717) is 0 Å². The Bertz CT molecular complexity index is 744. The Kier molecular flexibility index (Phi) is 4.19. The molecule has 0 saturated heterocycles. The van der Waals surface area contributed by atoms with Crippen molar-refractivity contribution in [2.24, 2.45) is 7.05 Å². The predicted octanol–water partition coefficient (Wildman–Crippen LogP) is 1.04. The molecule has 0 atom stereocenters. The Morgan fingerprint density at radius 3 is 2.86 bits per heavy atom. The summed E-state index contributed by atoms with van der Waals surface area (Å²) in [5.74, 6) is -0.700. The summed E-state index contributed by atoms with van der Waals surface area (Å²) in [4.78, 5) is 15.5. The monoisotopic (exact) mass is 330 g/mol. The number of aryl methyl sites for hydroxylation is 1. The Labute approximate surface area is 125 Å². The fraction of sp³-hybridized carbons (Fsp3) is 0.273. The molecule has 0 unspecified atom stereocenters. The van der Waals surface area contributed by atoms with Crippen molar-refractivity contribution in [3.05, 3.63) is 23.3 Å². The van der Waals surface area contributed by atoms with Gasteiger partial charge in [0.05, 0.1) is 18.5 Å².